The number of nitrogens with one attached hydrogen (secondary N) is 1. The summed E-state index contributed by atoms with van der Waals surface area (Å²) in [7, 11) is 0. The van der Waals surface area contributed by atoms with Crippen molar-refractivity contribution in [3.05, 3.63) is 35.9 Å². The van der Waals surface area contributed by atoms with Crippen LogP contribution in [0.4, 0.5) is 0 Å². The van der Waals surface area contributed by atoms with Crippen molar-refractivity contribution in [2.45, 2.75) is 32.2 Å². The highest BCUT2D eigenvalue weighted by molar-refractivity contribution is 5.14. The van der Waals surface area contributed by atoms with E-state index in [9.17, 15) is 0 Å². The summed E-state index contributed by atoms with van der Waals surface area (Å²) in [6.45, 7) is 7.10. The van der Waals surface area contributed by atoms with Gasteiger partial charge in [0.05, 0.1) is 0 Å². The van der Waals surface area contributed by atoms with Gasteiger partial charge in [-0.15, -0.1) is 0 Å². The Morgan fingerprint density at radius 2 is 2.06 bits per heavy atom. The molecule has 0 amide bonds. The molecule has 2 rings (SSSR count). The molecule has 1 saturated heterocycles. The second kappa shape index (κ2) is 6.77. The van der Waals surface area contributed by atoms with Gasteiger partial charge in [0.25, 0.3) is 0 Å². The molecule has 17 heavy (non-hydrogen) atoms. The molecule has 2 heteroatoms. The number of aryl methyl sites for hydroxylation is 1. The van der Waals surface area contributed by atoms with Crippen molar-refractivity contribution in [2.75, 3.05) is 26.2 Å². The average Bonchev–Trinajstić information content (AvgIpc) is 2.38. The van der Waals surface area contributed by atoms with Crippen molar-refractivity contribution in [3.63, 3.8) is 0 Å². The fourth-order valence-corrected chi connectivity index (χ4v) is 2.50. The Kier molecular flexibility index (Phi) is 5.02. The second-order valence-corrected chi connectivity index (χ2v) is 5.03. The SMILES string of the molecule is C[C@H]1CNCCN1CCCCc1ccccc1. The molecule has 1 aliphatic rings. The van der Waals surface area contributed by atoms with Crippen LogP contribution in [0.2, 0.25) is 0 Å². The molecule has 0 aliphatic carbocycles. The first-order valence-electron chi connectivity index (χ1n) is 6.85. The maximum absolute atomic E-state index is 3.44. The lowest BCUT2D eigenvalue weighted by Gasteiger charge is -2.33. The smallest absolute Gasteiger partial charge is 0.0192 e. The summed E-state index contributed by atoms with van der Waals surface area (Å²) in [6, 6.07) is 11.5. The lowest BCUT2D eigenvalue weighted by Crippen LogP contribution is -2.49. The maximum atomic E-state index is 3.44. The number of unbranched alkanes of at least 4 members (excludes halogenated alkanes) is 1. The molecule has 1 atom stereocenters. The highest BCUT2D eigenvalue weighted by atomic mass is 15.2. The maximum Gasteiger partial charge on any atom is 0.0192 e. The van der Waals surface area contributed by atoms with Gasteiger partial charge in [-0.05, 0) is 38.3 Å². The van der Waals surface area contributed by atoms with Gasteiger partial charge in [-0.2, -0.15) is 0 Å². The van der Waals surface area contributed by atoms with E-state index >= 15 is 0 Å². The number of hydrogen-bond donors (Lipinski definition) is 1. The number of nitrogens with zero attached hydrogens (tertiary/aromatic N) is 1. The van der Waals surface area contributed by atoms with Crippen molar-refractivity contribution >= 4 is 0 Å². The van der Waals surface area contributed by atoms with Crippen LogP contribution in [0.25, 0.3) is 0 Å². The minimum Gasteiger partial charge on any atom is -0.314 e. The molecule has 1 heterocycles. The molecule has 0 bridgehead atoms. The number of hydrogen-bond acceptors (Lipinski definition) is 2. The van der Waals surface area contributed by atoms with Gasteiger partial charge in [-0.1, -0.05) is 30.3 Å². The van der Waals surface area contributed by atoms with Crippen LogP contribution in [0.1, 0.15) is 25.3 Å². The Bertz CT molecular complexity index is 310. The van der Waals surface area contributed by atoms with Crippen molar-refractivity contribution in [2.24, 2.45) is 0 Å². The predicted molar refractivity (Wildman–Crippen MR) is 73.3 cm³/mol. The van der Waals surface area contributed by atoms with Crippen LogP contribution in [0, 0.1) is 0 Å². The third kappa shape index (κ3) is 4.14. The molecule has 1 fully saturated rings. The van der Waals surface area contributed by atoms with E-state index < -0.39 is 0 Å². The highest BCUT2D eigenvalue weighted by Crippen LogP contribution is 2.08. The van der Waals surface area contributed by atoms with E-state index in [4.69, 9.17) is 0 Å². The third-order valence-electron chi connectivity index (χ3n) is 3.64. The van der Waals surface area contributed by atoms with Gasteiger partial charge in [0, 0.05) is 25.7 Å². The van der Waals surface area contributed by atoms with Crippen molar-refractivity contribution in [1.29, 1.82) is 0 Å². The first-order valence-corrected chi connectivity index (χ1v) is 6.85. The molecule has 1 aromatic rings. The first-order chi connectivity index (χ1) is 8.36. The molecular formula is C15H24N2. The molecule has 94 valence electrons. The third-order valence-corrected chi connectivity index (χ3v) is 3.64. The molecule has 0 unspecified atom stereocenters. The topological polar surface area (TPSA) is 15.3 Å². The summed E-state index contributed by atoms with van der Waals surface area (Å²) in [4.78, 5) is 2.61. The van der Waals surface area contributed by atoms with Crippen molar-refractivity contribution in [3.8, 4) is 0 Å². The lowest BCUT2D eigenvalue weighted by atomic mass is 10.1. The van der Waals surface area contributed by atoms with Crippen LogP contribution in [-0.2, 0) is 6.42 Å². The van der Waals surface area contributed by atoms with Crippen LogP contribution in [0.3, 0.4) is 0 Å². The Morgan fingerprint density at radius 1 is 1.24 bits per heavy atom. The molecule has 1 N–H and O–H groups in total. The highest BCUT2D eigenvalue weighted by Gasteiger charge is 2.16. The molecule has 2 nitrogen and oxygen atoms in total. The lowest BCUT2D eigenvalue weighted by molar-refractivity contribution is 0.171. The number of piperazine rings is 1. The molecular weight excluding hydrogens is 208 g/mol. The average molecular weight is 232 g/mol. The van der Waals surface area contributed by atoms with Crippen molar-refractivity contribution < 1.29 is 0 Å². The molecule has 0 saturated carbocycles. The quantitative estimate of drug-likeness (QED) is 0.784. The monoisotopic (exact) mass is 232 g/mol. The van der Waals surface area contributed by atoms with Gasteiger partial charge < -0.3 is 5.32 Å². The molecule has 1 aromatic carbocycles. The van der Waals surface area contributed by atoms with Crippen molar-refractivity contribution in [1.82, 2.24) is 10.2 Å². The van der Waals surface area contributed by atoms with Gasteiger partial charge in [0.15, 0.2) is 0 Å². The van der Waals surface area contributed by atoms with Gasteiger partial charge >= 0.3 is 0 Å². The van der Waals surface area contributed by atoms with Crippen LogP contribution < -0.4 is 5.32 Å². The zero-order valence-electron chi connectivity index (χ0n) is 10.9. The van der Waals surface area contributed by atoms with E-state index in [1.54, 1.807) is 0 Å². The minimum absolute atomic E-state index is 0.709. The summed E-state index contributed by atoms with van der Waals surface area (Å²) < 4.78 is 0. The largest absolute Gasteiger partial charge is 0.314 e. The number of rotatable bonds is 5. The summed E-state index contributed by atoms with van der Waals surface area (Å²) in [6.07, 6.45) is 3.85. The standard InChI is InChI=1S/C15H24N2/c1-14-13-16-10-12-17(14)11-6-5-9-15-7-3-2-4-8-15/h2-4,7-8,14,16H,5-6,9-13H2,1H3/t14-/m0/s1. The Labute approximate surface area is 105 Å². The van der Waals surface area contributed by atoms with E-state index in [2.05, 4.69) is 47.5 Å². The molecule has 0 aromatic heterocycles. The van der Waals surface area contributed by atoms with E-state index in [1.165, 1.54) is 37.9 Å². The normalized spacial score (nSPS) is 21.6. The van der Waals surface area contributed by atoms with Gasteiger partial charge in [0.2, 0.25) is 0 Å². The Morgan fingerprint density at radius 3 is 2.82 bits per heavy atom. The summed E-state index contributed by atoms with van der Waals surface area (Å²) >= 11 is 0. The minimum atomic E-state index is 0.709. The summed E-state index contributed by atoms with van der Waals surface area (Å²) in [5.41, 5.74) is 1.47. The Balaban J connectivity index is 1.63. The Hall–Kier alpha value is -0.860. The fraction of sp³-hybridized carbons (Fsp3) is 0.600. The van der Waals surface area contributed by atoms with Crippen LogP contribution in [0.15, 0.2) is 30.3 Å². The molecule has 1 aliphatic heterocycles. The van der Waals surface area contributed by atoms with Gasteiger partial charge in [-0.25, -0.2) is 0 Å². The summed E-state index contributed by atoms with van der Waals surface area (Å²) in [5.74, 6) is 0. The first kappa shape index (κ1) is 12.6. The van der Waals surface area contributed by atoms with Crippen LogP contribution >= 0.6 is 0 Å². The van der Waals surface area contributed by atoms with E-state index in [0.29, 0.717) is 6.04 Å². The second-order valence-electron chi connectivity index (χ2n) is 5.03. The van der Waals surface area contributed by atoms with Gasteiger partial charge in [0.1, 0.15) is 0 Å². The predicted octanol–water partition coefficient (Wildman–Crippen LogP) is 2.30. The summed E-state index contributed by atoms with van der Waals surface area (Å²) in [5, 5.41) is 3.44. The molecule has 0 spiro atoms. The van der Waals surface area contributed by atoms with E-state index in [0.717, 1.165) is 13.1 Å². The van der Waals surface area contributed by atoms with E-state index in [-0.39, 0.29) is 0 Å². The zero-order chi connectivity index (χ0) is 11.9. The van der Waals surface area contributed by atoms with Gasteiger partial charge in [-0.3, -0.25) is 4.90 Å². The number of benzene rings is 1. The molecule has 0 radical (unpaired) electrons. The van der Waals surface area contributed by atoms with Crippen LogP contribution in [0.5, 0.6) is 0 Å². The van der Waals surface area contributed by atoms with E-state index in [1.807, 2.05) is 0 Å². The van der Waals surface area contributed by atoms with Crippen LogP contribution in [-0.4, -0.2) is 37.1 Å². The fourth-order valence-electron chi connectivity index (χ4n) is 2.50. The zero-order valence-corrected chi connectivity index (χ0v) is 10.9.